The molecule has 17 nitrogen and oxygen atoms in total. The number of aliphatic hydroxyl groups is 7. The molecule has 0 spiro atoms. The molecule has 3 aliphatic heterocycles. The average molecular weight is 852 g/mol. The van der Waals surface area contributed by atoms with Crippen LogP contribution in [0.4, 0.5) is 0 Å². The van der Waals surface area contributed by atoms with Gasteiger partial charge in [-0.05, 0) is 94.3 Å². The molecule has 0 aliphatic carbocycles. The smallest absolute Gasteiger partial charge is 0.311 e. The molecule has 348 valence electrons. The van der Waals surface area contributed by atoms with Gasteiger partial charge >= 0.3 is 5.97 Å². The van der Waals surface area contributed by atoms with Crippen molar-refractivity contribution < 1.29 is 69.0 Å². The quantitative estimate of drug-likeness (QED) is 0.116. The number of carbonyl (C=O) groups excluding carboxylic acids is 1. The molecule has 0 aromatic rings. The lowest BCUT2D eigenvalue weighted by Gasteiger charge is -2.54. The molecule has 0 amide bonds. The number of hydrogen-bond donors (Lipinski definition) is 8. The summed E-state index contributed by atoms with van der Waals surface area (Å²) in [4.78, 5) is 18.0. The van der Waals surface area contributed by atoms with Gasteiger partial charge < -0.3 is 74.4 Å². The van der Waals surface area contributed by atoms with E-state index in [1.807, 2.05) is 32.8 Å². The molecule has 59 heavy (non-hydrogen) atoms. The van der Waals surface area contributed by atoms with Gasteiger partial charge in [0.15, 0.2) is 12.6 Å². The van der Waals surface area contributed by atoms with E-state index in [0.717, 1.165) is 0 Å². The second-order valence-electron chi connectivity index (χ2n) is 18.7. The highest BCUT2D eigenvalue weighted by molar-refractivity contribution is 5.73. The standard InChI is InChI=1S/C42H81N3O14/c1-14-31-41(10,52)35(49)28(6)43-22-24(2)20-39(8,51)36(59-38-33(48)30(44(11)12)19-25(3)55-38)26(4)34(27(5)37(50)57-31)58-32-21-40(9,54-13)42(53,29(7)56-32)23-45(15-17-46)16-18-47/h24-36,38,43,46-49,51-53H,14-23H2,1-13H3/t24-,25-,26+,27-,28-,29+,30+,31-,32+,33-,34+,35-,36-,38+,39+,40-,41-,42-/m1/s1. The normalized spacial score (nSPS) is 46.2. The fourth-order valence-electron chi connectivity index (χ4n) is 9.61. The molecule has 18 atom stereocenters. The Morgan fingerprint density at radius 2 is 1.53 bits per heavy atom. The van der Waals surface area contributed by atoms with Gasteiger partial charge in [0.1, 0.15) is 35.1 Å². The van der Waals surface area contributed by atoms with Crippen molar-refractivity contribution in [2.75, 3.05) is 60.6 Å². The van der Waals surface area contributed by atoms with Gasteiger partial charge in [0.25, 0.3) is 0 Å². The number of cyclic esters (lactones) is 1. The van der Waals surface area contributed by atoms with Gasteiger partial charge in [0, 0.05) is 51.2 Å². The summed E-state index contributed by atoms with van der Waals surface area (Å²) in [5.41, 5.74) is -6.41. The average Bonchev–Trinajstić information content (AvgIpc) is 3.15. The monoisotopic (exact) mass is 852 g/mol. The van der Waals surface area contributed by atoms with E-state index in [1.165, 1.54) is 14.0 Å². The van der Waals surface area contributed by atoms with Crippen molar-refractivity contribution in [3.63, 3.8) is 0 Å². The maximum absolute atomic E-state index is 14.4. The number of ether oxygens (including phenoxy) is 6. The third-order valence-electron chi connectivity index (χ3n) is 13.5. The molecule has 3 saturated heterocycles. The van der Waals surface area contributed by atoms with E-state index >= 15 is 0 Å². The maximum Gasteiger partial charge on any atom is 0.311 e. The predicted octanol–water partition coefficient (Wildman–Crippen LogP) is 0.215. The van der Waals surface area contributed by atoms with E-state index in [9.17, 15) is 40.5 Å². The summed E-state index contributed by atoms with van der Waals surface area (Å²) in [6.07, 6.45) is -8.32. The Labute approximate surface area is 352 Å². The SMILES string of the molecule is CC[C@H]1OC(=O)[C@H](C)[C@@H](O[C@H]2C[C@@](C)(OC)[C@@](O)(CN(CCO)CCO)[C@H](C)O2)[C@H](C)[C@@H](O[C@@H]2O[C@H](C)C[C@H](N(C)C)[C@H]2O)[C@@](C)(O)C[C@@H](C)CN[C@H](C)[C@@H](O)[C@]1(C)O. The van der Waals surface area contributed by atoms with Crippen LogP contribution in [-0.2, 0) is 33.2 Å². The number of carbonyl (C=O) groups is 1. The Bertz CT molecular complexity index is 1290. The van der Waals surface area contributed by atoms with Crippen molar-refractivity contribution in [1.29, 1.82) is 0 Å². The molecule has 0 bridgehead atoms. The van der Waals surface area contributed by atoms with Gasteiger partial charge in [-0.25, -0.2) is 0 Å². The number of rotatable bonds is 13. The molecule has 0 radical (unpaired) electrons. The highest BCUT2D eigenvalue weighted by atomic mass is 16.7. The second kappa shape index (κ2) is 21.5. The molecule has 0 unspecified atom stereocenters. The first-order valence-electron chi connectivity index (χ1n) is 21.6. The van der Waals surface area contributed by atoms with Crippen molar-refractivity contribution in [3.8, 4) is 0 Å². The predicted molar refractivity (Wildman–Crippen MR) is 219 cm³/mol. The molecule has 3 fully saturated rings. The van der Waals surface area contributed by atoms with Crippen molar-refractivity contribution in [1.82, 2.24) is 15.1 Å². The number of esters is 1. The van der Waals surface area contributed by atoms with Crippen LogP contribution in [0.5, 0.6) is 0 Å². The van der Waals surface area contributed by atoms with Crippen LogP contribution in [0.3, 0.4) is 0 Å². The lowest BCUT2D eigenvalue weighted by atomic mass is 9.74. The van der Waals surface area contributed by atoms with E-state index < -0.39 is 95.5 Å². The first-order valence-corrected chi connectivity index (χ1v) is 21.6. The lowest BCUT2D eigenvalue weighted by molar-refractivity contribution is -0.339. The molecule has 0 aromatic carbocycles. The first kappa shape index (κ1) is 52.2. The number of hydrogen-bond acceptors (Lipinski definition) is 17. The topological polar surface area (TPSA) is 233 Å². The molecule has 3 rings (SSSR count). The van der Waals surface area contributed by atoms with Crippen LogP contribution in [0.1, 0.15) is 94.9 Å². The second-order valence-corrected chi connectivity index (χ2v) is 18.7. The summed E-state index contributed by atoms with van der Waals surface area (Å²) in [7, 11) is 5.20. The molecule has 8 N–H and O–H groups in total. The fraction of sp³-hybridized carbons (Fsp3) is 0.976. The Kier molecular flexibility index (Phi) is 19.0. The Balaban J connectivity index is 2.17. The highest BCUT2D eigenvalue weighted by Crippen LogP contribution is 2.44. The van der Waals surface area contributed by atoms with Crippen LogP contribution < -0.4 is 5.32 Å². The summed E-state index contributed by atoms with van der Waals surface area (Å²) in [6.45, 7) is 17.6. The molecule has 3 heterocycles. The lowest BCUT2D eigenvalue weighted by Crippen LogP contribution is -2.70. The summed E-state index contributed by atoms with van der Waals surface area (Å²) in [5.74, 6) is -2.85. The molecule has 3 aliphatic rings. The Morgan fingerprint density at radius 1 is 0.915 bits per heavy atom. The van der Waals surface area contributed by atoms with Crippen LogP contribution in [0.25, 0.3) is 0 Å². The third-order valence-corrected chi connectivity index (χ3v) is 13.5. The number of aliphatic hydroxyl groups excluding tert-OH is 4. The van der Waals surface area contributed by atoms with Gasteiger partial charge in [-0.1, -0.05) is 20.8 Å². The molecule has 0 aromatic heterocycles. The van der Waals surface area contributed by atoms with Gasteiger partial charge in [0.05, 0.1) is 49.1 Å². The Hall–Kier alpha value is -1.13. The van der Waals surface area contributed by atoms with Crippen LogP contribution in [0.2, 0.25) is 0 Å². The summed E-state index contributed by atoms with van der Waals surface area (Å²) in [5, 5.41) is 82.3. The van der Waals surface area contributed by atoms with Crippen LogP contribution in [0.15, 0.2) is 0 Å². The molecular weight excluding hydrogens is 770 g/mol. The zero-order valence-corrected chi connectivity index (χ0v) is 38.0. The maximum atomic E-state index is 14.4. The molecular formula is C42H81N3O14. The van der Waals surface area contributed by atoms with Crippen LogP contribution in [-0.4, -0.2) is 202 Å². The van der Waals surface area contributed by atoms with Crippen molar-refractivity contribution in [3.05, 3.63) is 0 Å². The van der Waals surface area contributed by atoms with Gasteiger partial charge in [-0.2, -0.15) is 0 Å². The minimum atomic E-state index is -1.85. The third kappa shape index (κ3) is 12.1. The summed E-state index contributed by atoms with van der Waals surface area (Å²) in [6, 6.07) is -0.932. The summed E-state index contributed by atoms with van der Waals surface area (Å²) < 4.78 is 38.3. The van der Waals surface area contributed by atoms with E-state index in [2.05, 4.69) is 5.32 Å². The van der Waals surface area contributed by atoms with Gasteiger partial charge in [-0.3, -0.25) is 9.69 Å². The number of methoxy groups -OCH3 is 1. The molecule has 0 saturated carbocycles. The highest BCUT2D eigenvalue weighted by Gasteiger charge is 2.59. The summed E-state index contributed by atoms with van der Waals surface area (Å²) >= 11 is 0. The number of likely N-dealkylation sites (N-methyl/N-ethyl adjacent to an activating group) is 1. The number of nitrogens with zero attached hydrogens (tertiary/aromatic N) is 2. The number of nitrogens with one attached hydrogen (secondary N) is 1. The molecule has 17 heteroatoms. The van der Waals surface area contributed by atoms with Crippen LogP contribution in [0, 0.1) is 17.8 Å². The minimum Gasteiger partial charge on any atom is -0.459 e. The fourth-order valence-corrected chi connectivity index (χ4v) is 9.61. The Morgan fingerprint density at radius 3 is 2.07 bits per heavy atom. The van der Waals surface area contributed by atoms with Gasteiger partial charge in [-0.15, -0.1) is 0 Å². The largest absolute Gasteiger partial charge is 0.459 e. The zero-order chi connectivity index (χ0) is 44.8. The minimum absolute atomic E-state index is 0.000385. The van der Waals surface area contributed by atoms with Gasteiger partial charge in [0.2, 0.25) is 0 Å². The first-order chi connectivity index (χ1) is 27.3. The van der Waals surface area contributed by atoms with Crippen LogP contribution >= 0.6 is 0 Å². The van der Waals surface area contributed by atoms with Crippen molar-refractivity contribution in [2.45, 2.75) is 185 Å². The van der Waals surface area contributed by atoms with E-state index in [0.29, 0.717) is 13.0 Å². The van der Waals surface area contributed by atoms with E-state index in [1.54, 1.807) is 53.4 Å². The van der Waals surface area contributed by atoms with Crippen molar-refractivity contribution >= 4 is 5.97 Å². The van der Waals surface area contributed by atoms with E-state index in [4.69, 9.17) is 28.4 Å². The zero-order valence-electron chi connectivity index (χ0n) is 38.0. The van der Waals surface area contributed by atoms with Crippen molar-refractivity contribution in [2.24, 2.45) is 17.8 Å². The van der Waals surface area contributed by atoms with E-state index in [-0.39, 0.29) is 70.2 Å².